The molecule has 0 saturated heterocycles. The number of aromatic nitrogens is 3. The van der Waals surface area contributed by atoms with Crippen LogP contribution in [0, 0.1) is 5.82 Å². The van der Waals surface area contributed by atoms with E-state index < -0.39 is 0 Å². The fourth-order valence-electron chi connectivity index (χ4n) is 2.64. The van der Waals surface area contributed by atoms with Crippen LogP contribution in [0.25, 0.3) is 0 Å². The number of hydrogen-bond acceptors (Lipinski definition) is 7. The molecule has 0 radical (unpaired) electrons. The zero-order chi connectivity index (χ0) is 21.5. The van der Waals surface area contributed by atoms with Gasteiger partial charge in [-0.15, -0.1) is 0 Å². The van der Waals surface area contributed by atoms with Gasteiger partial charge in [-0.3, -0.25) is 4.79 Å². The molecule has 3 aromatic rings. The van der Waals surface area contributed by atoms with E-state index in [0.29, 0.717) is 35.1 Å². The van der Waals surface area contributed by atoms with Crippen LogP contribution in [0.15, 0.2) is 61.1 Å². The zero-order valence-electron chi connectivity index (χ0n) is 16.6. The van der Waals surface area contributed by atoms with Crippen molar-refractivity contribution in [3.8, 4) is 5.88 Å². The number of hydrogen-bond donors (Lipinski definition) is 2. The summed E-state index contributed by atoms with van der Waals surface area (Å²) in [6.45, 7) is 6.12. The third kappa shape index (κ3) is 5.60. The van der Waals surface area contributed by atoms with E-state index in [2.05, 4.69) is 26.8 Å². The number of anilines is 2. The molecule has 8 heteroatoms. The highest BCUT2D eigenvalue weighted by molar-refractivity contribution is 5.95. The predicted molar refractivity (Wildman–Crippen MR) is 113 cm³/mol. The second-order valence-corrected chi connectivity index (χ2v) is 6.80. The second-order valence-electron chi connectivity index (χ2n) is 6.80. The maximum absolute atomic E-state index is 14.2. The van der Waals surface area contributed by atoms with Gasteiger partial charge in [0.1, 0.15) is 23.9 Å². The maximum atomic E-state index is 14.2. The lowest BCUT2D eigenvalue weighted by molar-refractivity contribution is 0.0987. The first-order valence-corrected chi connectivity index (χ1v) is 9.26. The molecular formula is C22H22FN5O2. The van der Waals surface area contributed by atoms with Crippen molar-refractivity contribution in [3.05, 3.63) is 83.7 Å². The van der Waals surface area contributed by atoms with E-state index in [4.69, 9.17) is 10.5 Å². The number of rotatable bonds is 9. The first-order chi connectivity index (χ1) is 14.4. The van der Waals surface area contributed by atoms with E-state index in [-0.39, 0.29) is 30.3 Å². The lowest BCUT2D eigenvalue weighted by atomic mass is 10.0. The Balaban J connectivity index is 1.65. The van der Waals surface area contributed by atoms with Crippen LogP contribution in [0.3, 0.4) is 0 Å². The van der Waals surface area contributed by atoms with Crippen molar-refractivity contribution in [2.75, 3.05) is 17.7 Å². The van der Waals surface area contributed by atoms with Crippen LogP contribution in [0.1, 0.15) is 28.5 Å². The molecule has 0 aliphatic rings. The van der Waals surface area contributed by atoms with E-state index >= 15 is 0 Å². The van der Waals surface area contributed by atoms with Crippen LogP contribution in [-0.4, -0.2) is 27.3 Å². The van der Waals surface area contributed by atoms with Crippen molar-refractivity contribution in [1.82, 2.24) is 15.0 Å². The molecule has 0 unspecified atom stereocenters. The minimum atomic E-state index is -0.375. The van der Waals surface area contributed by atoms with Gasteiger partial charge < -0.3 is 15.8 Å². The number of nitrogens with one attached hydrogen (secondary N) is 1. The van der Waals surface area contributed by atoms with Crippen molar-refractivity contribution in [2.24, 2.45) is 0 Å². The number of ether oxygens (including phenoxy) is 1. The average molecular weight is 407 g/mol. The molecule has 30 heavy (non-hydrogen) atoms. The summed E-state index contributed by atoms with van der Waals surface area (Å²) in [5.41, 5.74) is 8.55. The average Bonchev–Trinajstić information content (AvgIpc) is 2.74. The fourth-order valence-corrected chi connectivity index (χ4v) is 2.64. The van der Waals surface area contributed by atoms with Gasteiger partial charge in [-0.05, 0) is 36.3 Å². The Hall–Kier alpha value is -3.81. The van der Waals surface area contributed by atoms with Crippen LogP contribution >= 0.6 is 0 Å². The van der Waals surface area contributed by atoms with Gasteiger partial charge in [0.25, 0.3) is 0 Å². The Kier molecular flexibility index (Phi) is 6.69. The van der Waals surface area contributed by atoms with Crippen LogP contribution in [0.5, 0.6) is 5.88 Å². The Morgan fingerprint density at radius 1 is 1.23 bits per heavy atom. The normalized spacial score (nSPS) is 10.5. The van der Waals surface area contributed by atoms with Gasteiger partial charge in [-0.1, -0.05) is 18.7 Å². The van der Waals surface area contributed by atoms with Gasteiger partial charge >= 0.3 is 0 Å². The lowest BCUT2D eigenvalue weighted by Crippen LogP contribution is -2.09. The second kappa shape index (κ2) is 9.60. The maximum Gasteiger partial charge on any atom is 0.232 e. The third-order valence-electron chi connectivity index (χ3n) is 4.16. The SMILES string of the molecule is C=C(C)COc1cnc(C(=O)Cc2ccc(F)c(CNc3cccnc3N)c2)cn1. The third-order valence-corrected chi connectivity index (χ3v) is 4.16. The number of benzene rings is 1. The number of Topliss-reactive ketones (excluding diaryl/α,β-unsaturated/α-hetero) is 1. The Morgan fingerprint density at radius 3 is 2.77 bits per heavy atom. The molecule has 0 amide bonds. The number of nitrogens with zero attached hydrogens (tertiary/aromatic N) is 3. The fraction of sp³-hybridized carbons (Fsp3) is 0.182. The highest BCUT2D eigenvalue weighted by Gasteiger charge is 2.12. The molecule has 0 aliphatic heterocycles. The molecule has 7 nitrogen and oxygen atoms in total. The summed E-state index contributed by atoms with van der Waals surface area (Å²) in [6, 6.07) is 8.06. The first kappa shape index (κ1) is 20.9. The summed E-state index contributed by atoms with van der Waals surface area (Å²) >= 11 is 0. The monoisotopic (exact) mass is 407 g/mol. The van der Waals surface area contributed by atoms with Crippen molar-refractivity contribution < 1.29 is 13.9 Å². The topological polar surface area (TPSA) is 103 Å². The number of ketones is 1. The van der Waals surface area contributed by atoms with E-state index in [0.717, 1.165) is 5.57 Å². The summed E-state index contributed by atoms with van der Waals surface area (Å²) in [7, 11) is 0. The van der Waals surface area contributed by atoms with Crippen LogP contribution in [0.4, 0.5) is 15.9 Å². The van der Waals surface area contributed by atoms with E-state index in [1.54, 1.807) is 30.5 Å². The molecular weight excluding hydrogens is 385 g/mol. The minimum absolute atomic E-state index is 0.0724. The van der Waals surface area contributed by atoms with E-state index in [9.17, 15) is 9.18 Å². The van der Waals surface area contributed by atoms with Gasteiger partial charge in [0.05, 0.1) is 18.1 Å². The highest BCUT2D eigenvalue weighted by atomic mass is 19.1. The molecule has 154 valence electrons. The molecule has 3 rings (SSSR count). The van der Waals surface area contributed by atoms with Gasteiger partial charge in [0, 0.05) is 24.7 Å². The summed E-state index contributed by atoms with van der Waals surface area (Å²) in [4.78, 5) is 24.7. The van der Waals surface area contributed by atoms with Crippen LogP contribution in [-0.2, 0) is 13.0 Å². The largest absolute Gasteiger partial charge is 0.472 e. The molecule has 0 aliphatic carbocycles. The molecule has 0 spiro atoms. The Morgan fingerprint density at radius 2 is 2.07 bits per heavy atom. The molecule has 0 saturated carbocycles. The van der Waals surface area contributed by atoms with Gasteiger partial charge in [0.2, 0.25) is 5.88 Å². The number of halogens is 1. The summed E-state index contributed by atoms with van der Waals surface area (Å²) in [6.07, 6.45) is 4.42. The molecule has 1 aromatic carbocycles. The summed E-state index contributed by atoms with van der Waals surface area (Å²) in [5.74, 6) is 0.0498. The van der Waals surface area contributed by atoms with E-state index in [1.165, 1.54) is 18.5 Å². The molecule has 2 heterocycles. The lowest BCUT2D eigenvalue weighted by Gasteiger charge is -2.10. The van der Waals surface area contributed by atoms with Crippen molar-refractivity contribution in [2.45, 2.75) is 19.9 Å². The molecule has 2 aromatic heterocycles. The van der Waals surface area contributed by atoms with Gasteiger partial charge in [0.15, 0.2) is 5.78 Å². The Bertz CT molecular complexity index is 1050. The molecule has 0 atom stereocenters. The van der Waals surface area contributed by atoms with Crippen molar-refractivity contribution in [1.29, 1.82) is 0 Å². The van der Waals surface area contributed by atoms with Crippen molar-refractivity contribution in [3.63, 3.8) is 0 Å². The van der Waals surface area contributed by atoms with Crippen LogP contribution in [0.2, 0.25) is 0 Å². The Labute approximate surface area is 173 Å². The smallest absolute Gasteiger partial charge is 0.232 e. The predicted octanol–water partition coefficient (Wildman–Crippen LogP) is 3.59. The van der Waals surface area contributed by atoms with Crippen LogP contribution < -0.4 is 15.8 Å². The number of carbonyl (C=O) groups is 1. The minimum Gasteiger partial charge on any atom is -0.472 e. The highest BCUT2D eigenvalue weighted by Crippen LogP contribution is 2.18. The number of nitrogen functional groups attached to an aromatic ring is 1. The summed E-state index contributed by atoms with van der Waals surface area (Å²) in [5, 5.41) is 3.05. The van der Waals surface area contributed by atoms with Gasteiger partial charge in [-0.2, -0.15) is 0 Å². The molecule has 3 N–H and O–H groups in total. The number of pyridine rings is 1. The molecule has 0 bridgehead atoms. The van der Waals surface area contributed by atoms with E-state index in [1.807, 2.05) is 6.92 Å². The number of carbonyl (C=O) groups excluding carboxylic acids is 1. The zero-order valence-corrected chi connectivity index (χ0v) is 16.6. The number of nitrogens with two attached hydrogens (primary N) is 1. The standard InChI is InChI=1S/C22H22FN5O2/c1-14(2)13-30-21-12-27-19(11-28-21)20(29)9-15-5-6-17(23)16(8-15)10-26-18-4-3-7-25-22(18)24/h3-8,11-12,26H,1,9-10,13H2,2H3,(H2,24,25). The van der Waals surface area contributed by atoms with Gasteiger partial charge in [-0.25, -0.2) is 19.3 Å². The van der Waals surface area contributed by atoms with Crippen molar-refractivity contribution >= 4 is 17.3 Å². The first-order valence-electron chi connectivity index (χ1n) is 9.26. The molecule has 0 fully saturated rings. The summed E-state index contributed by atoms with van der Waals surface area (Å²) < 4.78 is 19.6. The quantitative estimate of drug-likeness (QED) is 0.413.